The van der Waals surface area contributed by atoms with Crippen LogP contribution in [0.4, 0.5) is 11.5 Å². The molecule has 0 radical (unpaired) electrons. The Bertz CT molecular complexity index is 599. The first-order valence-electron chi connectivity index (χ1n) is 5.59. The van der Waals surface area contributed by atoms with E-state index in [-0.39, 0.29) is 5.56 Å². The molecule has 0 amide bonds. The molecule has 1 aromatic heterocycles. The van der Waals surface area contributed by atoms with Gasteiger partial charge in [-0.2, -0.15) is 0 Å². The molecule has 2 aromatic rings. The fourth-order valence-corrected chi connectivity index (χ4v) is 2.02. The molecule has 0 atom stereocenters. The fraction of sp³-hybridized carbons (Fsp3) is 0.154. The van der Waals surface area contributed by atoms with Gasteiger partial charge in [0.2, 0.25) is 0 Å². The highest BCUT2D eigenvalue weighted by Crippen LogP contribution is 2.21. The molecular weight excluding hydrogens is 262 g/mol. The maximum Gasteiger partial charge on any atom is 0.338 e. The van der Waals surface area contributed by atoms with Gasteiger partial charge in [0.15, 0.2) is 5.82 Å². The number of anilines is 2. The summed E-state index contributed by atoms with van der Waals surface area (Å²) in [6.45, 7) is 2.00. The minimum atomic E-state index is -1.01. The van der Waals surface area contributed by atoms with E-state index in [1.807, 2.05) is 31.2 Å². The van der Waals surface area contributed by atoms with E-state index >= 15 is 0 Å². The molecule has 0 unspecified atom stereocenters. The second-order valence-electron chi connectivity index (χ2n) is 3.95. The lowest BCUT2D eigenvalue weighted by molar-refractivity contribution is 0.0692. The number of aromatic carboxylic acids is 1. The number of benzene rings is 1. The molecule has 0 aliphatic heterocycles. The fourth-order valence-electron chi connectivity index (χ4n) is 1.53. The molecule has 0 fully saturated rings. The highest BCUT2D eigenvalue weighted by Gasteiger charge is 2.13. The van der Waals surface area contributed by atoms with Crippen molar-refractivity contribution in [3.05, 3.63) is 41.5 Å². The molecule has 0 bridgehead atoms. The van der Waals surface area contributed by atoms with Crippen LogP contribution in [-0.4, -0.2) is 27.5 Å². The van der Waals surface area contributed by atoms with E-state index in [4.69, 9.17) is 5.11 Å². The molecule has 1 aromatic carbocycles. The topological polar surface area (TPSA) is 75.1 Å². The number of aromatic nitrogens is 2. The second kappa shape index (κ2) is 5.71. The molecule has 98 valence electrons. The summed E-state index contributed by atoms with van der Waals surface area (Å²) >= 11 is 1.26. The van der Waals surface area contributed by atoms with Crippen LogP contribution in [0.15, 0.2) is 35.4 Å². The summed E-state index contributed by atoms with van der Waals surface area (Å²) in [5.41, 5.74) is 2.14. The van der Waals surface area contributed by atoms with Crippen molar-refractivity contribution < 1.29 is 9.90 Å². The van der Waals surface area contributed by atoms with Gasteiger partial charge in [-0.3, -0.25) is 0 Å². The molecule has 0 saturated carbocycles. The SMILES string of the molecule is CSc1nnc(Nc2ccc(C)cc2)cc1C(=O)O. The summed E-state index contributed by atoms with van der Waals surface area (Å²) in [5, 5.41) is 20.4. The van der Waals surface area contributed by atoms with Crippen LogP contribution in [0.3, 0.4) is 0 Å². The van der Waals surface area contributed by atoms with Crippen LogP contribution in [0, 0.1) is 6.92 Å². The molecule has 5 nitrogen and oxygen atoms in total. The lowest BCUT2D eigenvalue weighted by Crippen LogP contribution is -2.05. The predicted octanol–water partition coefficient (Wildman–Crippen LogP) is 2.95. The van der Waals surface area contributed by atoms with E-state index in [2.05, 4.69) is 15.5 Å². The van der Waals surface area contributed by atoms with Gasteiger partial charge in [0.05, 0.1) is 5.56 Å². The van der Waals surface area contributed by atoms with Gasteiger partial charge in [-0.1, -0.05) is 17.7 Å². The van der Waals surface area contributed by atoms with Crippen molar-refractivity contribution in [3.8, 4) is 0 Å². The lowest BCUT2D eigenvalue weighted by Gasteiger charge is -2.07. The van der Waals surface area contributed by atoms with Gasteiger partial charge in [-0.05, 0) is 31.4 Å². The van der Waals surface area contributed by atoms with Gasteiger partial charge in [-0.25, -0.2) is 4.79 Å². The minimum absolute atomic E-state index is 0.150. The molecule has 0 spiro atoms. The number of hydrogen-bond donors (Lipinski definition) is 2. The van der Waals surface area contributed by atoms with Crippen molar-refractivity contribution in [3.63, 3.8) is 0 Å². The van der Waals surface area contributed by atoms with Gasteiger partial charge in [0.25, 0.3) is 0 Å². The summed E-state index contributed by atoms with van der Waals surface area (Å²) in [6.07, 6.45) is 1.77. The number of carbonyl (C=O) groups is 1. The third kappa shape index (κ3) is 3.23. The van der Waals surface area contributed by atoms with Gasteiger partial charge < -0.3 is 10.4 Å². The van der Waals surface area contributed by atoms with Crippen molar-refractivity contribution in [2.75, 3.05) is 11.6 Å². The van der Waals surface area contributed by atoms with E-state index in [0.29, 0.717) is 10.8 Å². The van der Waals surface area contributed by atoms with E-state index in [1.165, 1.54) is 17.8 Å². The highest BCUT2D eigenvalue weighted by molar-refractivity contribution is 7.98. The Kier molecular flexibility index (Phi) is 4.01. The second-order valence-corrected chi connectivity index (χ2v) is 4.74. The zero-order valence-electron chi connectivity index (χ0n) is 10.5. The smallest absolute Gasteiger partial charge is 0.338 e. The van der Waals surface area contributed by atoms with E-state index < -0.39 is 5.97 Å². The largest absolute Gasteiger partial charge is 0.478 e. The number of carboxylic acid groups (broad SMARTS) is 1. The average molecular weight is 275 g/mol. The standard InChI is InChI=1S/C13H13N3O2S/c1-8-3-5-9(6-4-8)14-11-7-10(13(17)18)12(19-2)16-15-11/h3-7H,1-2H3,(H,14,15)(H,17,18). The van der Waals surface area contributed by atoms with Gasteiger partial charge in [0, 0.05) is 5.69 Å². The first kappa shape index (κ1) is 13.4. The van der Waals surface area contributed by atoms with Crippen LogP contribution < -0.4 is 5.32 Å². The number of rotatable bonds is 4. The van der Waals surface area contributed by atoms with Crippen LogP contribution in [0.2, 0.25) is 0 Å². The van der Waals surface area contributed by atoms with Crippen LogP contribution in [0.1, 0.15) is 15.9 Å². The van der Waals surface area contributed by atoms with Crippen molar-refractivity contribution >= 4 is 29.2 Å². The minimum Gasteiger partial charge on any atom is -0.478 e. The molecule has 0 aliphatic carbocycles. The Labute approximate surface area is 115 Å². The van der Waals surface area contributed by atoms with E-state index in [9.17, 15) is 4.79 Å². The summed E-state index contributed by atoms with van der Waals surface area (Å²) < 4.78 is 0. The summed E-state index contributed by atoms with van der Waals surface area (Å²) in [7, 11) is 0. The molecular formula is C13H13N3O2S. The first-order chi connectivity index (χ1) is 9.10. The summed E-state index contributed by atoms with van der Waals surface area (Å²) in [4.78, 5) is 11.1. The number of carboxylic acids is 1. The number of thioether (sulfide) groups is 1. The van der Waals surface area contributed by atoms with Crippen molar-refractivity contribution in [1.82, 2.24) is 10.2 Å². The normalized spacial score (nSPS) is 10.2. The Morgan fingerprint density at radius 1 is 1.26 bits per heavy atom. The molecule has 2 N–H and O–H groups in total. The molecule has 0 saturated heterocycles. The Balaban J connectivity index is 2.28. The first-order valence-corrected chi connectivity index (χ1v) is 6.81. The highest BCUT2D eigenvalue weighted by atomic mass is 32.2. The molecule has 6 heteroatoms. The summed E-state index contributed by atoms with van der Waals surface area (Å²) in [6, 6.07) is 9.22. The predicted molar refractivity (Wildman–Crippen MR) is 75.2 cm³/mol. The van der Waals surface area contributed by atoms with Crippen LogP contribution in [0.25, 0.3) is 0 Å². The third-order valence-corrected chi connectivity index (χ3v) is 3.20. The molecule has 19 heavy (non-hydrogen) atoms. The number of aryl methyl sites for hydroxylation is 1. The Morgan fingerprint density at radius 2 is 1.95 bits per heavy atom. The molecule has 0 aliphatic rings. The Morgan fingerprint density at radius 3 is 2.53 bits per heavy atom. The summed E-state index contributed by atoms with van der Waals surface area (Å²) in [5.74, 6) is -0.592. The zero-order valence-corrected chi connectivity index (χ0v) is 11.4. The average Bonchev–Trinajstić information content (AvgIpc) is 2.41. The Hall–Kier alpha value is -2.08. The van der Waals surface area contributed by atoms with Crippen molar-refractivity contribution in [1.29, 1.82) is 0 Å². The van der Waals surface area contributed by atoms with Gasteiger partial charge >= 0.3 is 5.97 Å². The van der Waals surface area contributed by atoms with E-state index in [0.717, 1.165) is 11.3 Å². The van der Waals surface area contributed by atoms with Gasteiger partial charge in [-0.15, -0.1) is 22.0 Å². The van der Waals surface area contributed by atoms with Crippen molar-refractivity contribution in [2.24, 2.45) is 0 Å². The molecule has 2 rings (SSSR count). The number of nitrogens with one attached hydrogen (secondary N) is 1. The maximum atomic E-state index is 11.1. The number of nitrogens with zero attached hydrogens (tertiary/aromatic N) is 2. The van der Waals surface area contributed by atoms with Crippen LogP contribution >= 0.6 is 11.8 Å². The maximum absolute atomic E-state index is 11.1. The van der Waals surface area contributed by atoms with Crippen LogP contribution in [-0.2, 0) is 0 Å². The zero-order chi connectivity index (χ0) is 13.8. The van der Waals surface area contributed by atoms with Gasteiger partial charge in [0.1, 0.15) is 5.03 Å². The lowest BCUT2D eigenvalue weighted by atomic mass is 10.2. The molecule has 1 heterocycles. The number of hydrogen-bond acceptors (Lipinski definition) is 5. The third-order valence-electron chi connectivity index (χ3n) is 2.51. The van der Waals surface area contributed by atoms with Crippen LogP contribution in [0.5, 0.6) is 0 Å². The van der Waals surface area contributed by atoms with E-state index in [1.54, 1.807) is 6.26 Å². The quantitative estimate of drug-likeness (QED) is 0.836. The monoisotopic (exact) mass is 275 g/mol. The van der Waals surface area contributed by atoms with Crippen molar-refractivity contribution in [2.45, 2.75) is 11.9 Å².